The molecule has 8 nitrogen and oxygen atoms in total. The van der Waals surface area contributed by atoms with Gasteiger partial charge in [-0.25, -0.2) is 32.3 Å². The molecule has 1 aliphatic rings. The van der Waals surface area contributed by atoms with Crippen LogP contribution in [0.3, 0.4) is 0 Å². The van der Waals surface area contributed by atoms with E-state index >= 15 is 8.78 Å². The highest BCUT2D eigenvalue weighted by Gasteiger charge is 2.25. The highest BCUT2D eigenvalue weighted by Crippen LogP contribution is 2.30. The number of fused-ring (bicyclic) bond motifs is 1. The molecule has 0 aliphatic carbocycles. The summed E-state index contributed by atoms with van der Waals surface area (Å²) in [6.07, 6.45) is 1.88. The van der Waals surface area contributed by atoms with E-state index in [0.717, 1.165) is 36.4 Å². The third kappa shape index (κ3) is 5.78. The summed E-state index contributed by atoms with van der Waals surface area (Å²) in [6.45, 7) is 2.58. The monoisotopic (exact) mass is 592 g/mol. The molecule has 43 heavy (non-hydrogen) atoms. The number of rotatable bonds is 9. The Morgan fingerprint density at radius 2 is 1.84 bits per heavy atom. The summed E-state index contributed by atoms with van der Waals surface area (Å²) in [5.74, 6) is -4.71. The van der Waals surface area contributed by atoms with Gasteiger partial charge in [0.2, 0.25) is 0 Å². The lowest BCUT2D eigenvalue weighted by atomic mass is 10.0. The molecule has 4 heterocycles. The van der Waals surface area contributed by atoms with E-state index in [1.165, 1.54) is 12.1 Å². The minimum Gasteiger partial charge on any atom is -0.478 e. The lowest BCUT2D eigenvalue weighted by Crippen LogP contribution is -2.31. The maximum Gasteiger partial charge on any atom is 0.335 e. The molecule has 0 bridgehead atoms. The number of imidazole rings is 1. The molecule has 1 aliphatic heterocycles. The topological polar surface area (TPSA) is 99.4 Å². The molecule has 0 unspecified atom stereocenters. The summed E-state index contributed by atoms with van der Waals surface area (Å²) in [5, 5.41) is 9.40. The molecule has 220 valence electrons. The smallest absolute Gasteiger partial charge is 0.335 e. The van der Waals surface area contributed by atoms with Crippen LogP contribution in [0.4, 0.5) is 17.6 Å². The van der Waals surface area contributed by atoms with Crippen molar-refractivity contribution in [3.8, 4) is 17.1 Å². The fraction of sp³-hybridized carbons (Fsp3) is 0.226. The fourth-order valence-electron chi connectivity index (χ4n) is 4.82. The van der Waals surface area contributed by atoms with Crippen LogP contribution in [0, 0.1) is 30.2 Å². The van der Waals surface area contributed by atoms with Crippen LogP contribution >= 0.6 is 0 Å². The third-order valence-electron chi connectivity index (χ3n) is 7.24. The number of hydrogen-bond donors (Lipinski definition) is 1. The van der Waals surface area contributed by atoms with Gasteiger partial charge < -0.3 is 19.1 Å². The summed E-state index contributed by atoms with van der Waals surface area (Å²) in [7, 11) is 0. The van der Waals surface area contributed by atoms with Crippen LogP contribution in [-0.2, 0) is 24.3 Å². The van der Waals surface area contributed by atoms with Crippen molar-refractivity contribution in [2.45, 2.75) is 39.0 Å². The van der Waals surface area contributed by atoms with Crippen molar-refractivity contribution < 1.29 is 36.9 Å². The van der Waals surface area contributed by atoms with Gasteiger partial charge in [-0.3, -0.25) is 4.98 Å². The van der Waals surface area contributed by atoms with Crippen LogP contribution in [0.25, 0.3) is 22.3 Å². The number of hydrogen-bond acceptors (Lipinski definition) is 6. The first-order valence-electron chi connectivity index (χ1n) is 13.4. The number of carboxylic acid groups (broad SMARTS) is 1. The Morgan fingerprint density at radius 1 is 1.02 bits per heavy atom. The summed E-state index contributed by atoms with van der Waals surface area (Å²) >= 11 is 0. The summed E-state index contributed by atoms with van der Waals surface area (Å²) in [4.78, 5) is 24.1. The molecule has 6 rings (SSSR count). The molecular weight excluding hydrogens is 568 g/mol. The molecule has 1 fully saturated rings. The normalized spacial score (nSPS) is 14.6. The molecule has 1 atom stereocenters. The second-order valence-electron chi connectivity index (χ2n) is 10.2. The number of pyridine rings is 2. The number of benzene rings is 2. The first-order chi connectivity index (χ1) is 20.7. The quantitative estimate of drug-likeness (QED) is 0.209. The van der Waals surface area contributed by atoms with Crippen molar-refractivity contribution >= 4 is 17.0 Å². The first kappa shape index (κ1) is 28.3. The number of halogens is 4. The van der Waals surface area contributed by atoms with Gasteiger partial charge in [-0.05, 0) is 61.4 Å². The summed E-state index contributed by atoms with van der Waals surface area (Å²) in [5.41, 5.74) is 1.02. The number of aryl methyl sites for hydroxylation is 1. The lowest BCUT2D eigenvalue weighted by Gasteiger charge is -2.27. The molecule has 0 saturated carbocycles. The van der Waals surface area contributed by atoms with Gasteiger partial charge in [0.25, 0.3) is 5.88 Å². The Morgan fingerprint density at radius 3 is 2.53 bits per heavy atom. The largest absolute Gasteiger partial charge is 0.478 e. The van der Waals surface area contributed by atoms with E-state index in [-0.39, 0.29) is 70.8 Å². The van der Waals surface area contributed by atoms with Crippen molar-refractivity contribution in [2.24, 2.45) is 0 Å². The average Bonchev–Trinajstić information content (AvgIpc) is 3.30. The molecule has 1 saturated heterocycles. The second-order valence-corrected chi connectivity index (χ2v) is 10.2. The van der Waals surface area contributed by atoms with Crippen molar-refractivity contribution in [3.63, 3.8) is 0 Å². The Bertz CT molecular complexity index is 1860. The number of aromatic nitrogens is 4. The Hall–Kier alpha value is -4.84. The van der Waals surface area contributed by atoms with Gasteiger partial charge in [-0.2, -0.15) is 0 Å². The highest BCUT2D eigenvalue weighted by atomic mass is 19.1. The SMILES string of the molecule is Cc1ccc(COc2nc(-c3cc(F)c(Cc4nc5c(F)cc(C(=O)O)cc5n4C[C@@H]4CCO4)cc3F)ccc2F)cn1. The molecule has 3 aromatic heterocycles. The van der Waals surface area contributed by atoms with Crippen molar-refractivity contribution in [3.05, 3.63) is 106 Å². The average molecular weight is 593 g/mol. The maximum atomic E-state index is 15.4. The number of carboxylic acids is 1. The fourth-order valence-corrected chi connectivity index (χ4v) is 4.82. The molecule has 0 spiro atoms. The van der Waals surface area contributed by atoms with Crippen LogP contribution < -0.4 is 4.74 Å². The van der Waals surface area contributed by atoms with Crippen LogP contribution in [0.1, 0.15) is 39.4 Å². The van der Waals surface area contributed by atoms with E-state index in [4.69, 9.17) is 9.47 Å². The predicted molar refractivity (Wildman–Crippen MR) is 147 cm³/mol. The van der Waals surface area contributed by atoms with E-state index in [1.54, 1.807) is 22.9 Å². The second kappa shape index (κ2) is 11.4. The zero-order valence-electron chi connectivity index (χ0n) is 22.8. The van der Waals surface area contributed by atoms with Gasteiger partial charge in [-0.15, -0.1) is 0 Å². The van der Waals surface area contributed by atoms with Gasteiger partial charge in [0.1, 0.15) is 29.6 Å². The van der Waals surface area contributed by atoms with Crippen LogP contribution in [-0.4, -0.2) is 43.3 Å². The zero-order valence-corrected chi connectivity index (χ0v) is 22.8. The number of ether oxygens (including phenoxy) is 2. The van der Waals surface area contributed by atoms with Crippen LogP contribution in [0.5, 0.6) is 5.88 Å². The van der Waals surface area contributed by atoms with E-state index in [9.17, 15) is 18.7 Å². The van der Waals surface area contributed by atoms with E-state index < -0.39 is 29.2 Å². The van der Waals surface area contributed by atoms with Crippen LogP contribution in [0.2, 0.25) is 0 Å². The third-order valence-corrected chi connectivity index (χ3v) is 7.24. The minimum absolute atomic E-state index is 0.0299. The van der Waals surface area contributed by atoms with Crippen molar-refractivity contribution in [2.75, 3.05) is 6.61 Å². The predicted octanol–water partition coefficient (Wildman–Crippen LogP) is 6.02. The van der Waals surface area contributed by atoms with E-state index in [2.05, 4.69) is 15.0 Å². The maximum absolute atomic E-state index is 15.4. The van der Waals surface area contributed by atoms with Gasteiger partial charge in [-0.1, -0.05) is 6.07 Å². The van der Waals surface area contributed by atoms with Crippen molar-refractivity contribution in [1.29, 1.82) is 0 Å². The van der Waals surface area contributed by atoms with Gasteiger partial charge in [0.15, 0.2) is 11.6 Å². The summed E-state index contributed by atoms with van der Waals surface area (Å²) in [6, 6.07) is 9.91. The standard InChI is InChI=1S/C31H24F4N4O4/c1-16-2-3-17(13-36-16)15-43-30-22(32)4-5-26(37-30)21-12-23(33)18(8-24(21)34)11-28-38-29-25(35)9-19(31(40)41)10-27(29)39(28)14-20-6-7-42-20/h2-5,8-10,12-13,20H,6-7,11,14-15H2,1H3,(H,40,41)/t20-/m0/s1. The van der Waals surface area contributed by atoms with Crippen molar-refractivity contribution in [1.82, 2.24) is 19.5 Å². The molecule has 0 amide bonds. The first-order valence-corrected chi connectivity index (χ1v) is 13.4. The lowest BCUT2D eigenvalue weighted by molar-refractivity contribution is -0.0589. The van der Waals surface area contributed by atoms with Gasteiger partial charge >= 0.3 is 5.97 Å². The molecule has 0 radical (unpaired) electrons. The molecule has 5 aromatic rings. The Labute approximate surface area is 242 Å². The molecular formula is C31H24F4N4O4. The summed E-state index contributed by atoms with van der Waals surface area (Å²) < 4.78 is 72.7. The Balaban J connectivity index is 1.31. The van der Waals surface area contributed by atoms with Crippen LogP contribution in [0.15, 0.2) is 54.7 Å². The number of nitrogens with zero attached hydrogens (tertiary/aromatic N) is 4. The van der Waals surface area contributed by atoms with E-state index in [1.807, 2.05) is 6.92 Å². The molecule has 12 heteroatoms. The minimum atomic E-state index is -1.31. The molecule has 2 aromatic carbocycles. The van der Waals surface area contributed by atoms with Gasteiger partial charge in [0, 0.05) is 36.0 Å². The Kier molecular flexibility index (Phi) is 7.53. The highest BCUT2D eigenvalue weighted by molar-refractivity contribution is 5.92. The van der Waals surface area contributed by atoms with E-state index in [0.29, 0.717) is 12.2 Å². The molecule has 1 N–H and O–H groups in total. The zero-order chi connectivity index (χ0) is 30.2. The number of carbonyl (C=O) groups is 1. The van der Waals surface area contributed by atoms with Gasteiger partial charge in [0.05, 0.1) is 29.4 Å². The number of aromatic carboxylic acids is 1.